The summed E-state index contributed by atoms with van der Waals surface area (Å²) in [4.78, 5) is 21.2. The fourth-order valence-corrected chi connectivity index (χ4v) is 1.65. The van der Waals surface area contributed by atoms with Crippen molar-refractivity contribution in [2.24, 2.45) is 0 Å². The average molecular weight is 290 g/mol. The van der Waals surface area contributed by atoms with Gasteiger partial charge in [-0.15, -0.1) is 0 Å². The second-order valence-corrected chi connectivity index (χ2v) is 4.78. The zero-order chi connectivity index (χ0) is 16.6. The second kappa shape index (κ2) is 8.74. The van der Waals surface area contributed by atoms with Crippen molar-refractivity contribution in [2.75, 3.05) is 0 Å². The van der Waals surface area contributed by atoms with E-state index in [1.54, 1.807) is 0 Å². The first kappa shape index (κ1) is 18.6. The number of rotatable bonds is 11. The SMILES string of the molecule is C=C(CCCCCC(=O)O)C(=C)C(=C)C(=C)C(=C)C(=O)O. The van der Waals surface area contributed by atoms with Crippen LogP contribution in [0.2, 0.25) is 0 Å². The molecule has 0 aliphatic carbocycles. The van der Waals surface area contributed by atoms with E-state index >= 15 is 0 Å². The van der Waals surface area contributed by atoms with Gasteiger partial charge in [-0.05, 0) is 41.6 Å². The molecule has 2 N–H and O–H groups in total. The van der Waals surface area contributed by atoms with Crippen molar-refractivity contribution in [2.45, 2.75) is 32.1 Å². The van der Waals surface area contributed by atoms with Crippen LogP contribution in [0.5, 0.6) is 0 Å². The summed E-state index contributed by atoms with van der Waals surface area (Å²) < 4.78 is 0. The first-order valence-electron chi connectivity index (χ1n) is 6.58. The highest BCUT2D eigenvalue weighted by molar-refractivity contribution is 5.93. The summed E-state index contributed by atoms with van der Waals surface area (Å²) in [6, 6.07) is 0. The van der Waals surface area contributed by atoms with Crippen molar-refractivity contribution in [1.82, 2.24) is 0 Å². The fourth-order valence-electron chi connectivity index (χ4n) is 1.65. The Hall–Kier alpha value is -2.36. The maximum atomic E-state index is 10.8. The molecule has 0 spiro atoms. The fraction of sp³-hybridized carbons (Fsp3) is 0.294. The number of aliphatic carboxylic acids is 2. The Morgan fingerprint density at radius 1 is 0.667 bits per heavy atom. The van der Waals surface area contributed by atoms with Crippen molar-refractivity contribution < 1.29 is 19.8 Å². The van der Waals surface area contributed by atoms with Crippen LogP contribution in [-0.4, -0.2) is 22.2 Å². The smallest absolute Gasteiger partial charge is 0.335 e. The van der Waals surface area contributed by atoms with Gasteiger partial charge < -0.3 is 10.2 Å². The third-order valence-electron chi connectivity index (χ3n) is 3.15. The Labute approximate surface area is 125 Å². The summed E-state index contributed by atoms with van der Waals surface area (Å²) in [6.07, 6.45) is 3.02. The Morgan fingerprint density at radius 3 is 1.62 bits per heavy atom. The molecule has 0 atom stereocenters. The lowest BCUT2D eigenvalue weighted by Gasteiger charge is -2.14. The standard InChI is InChI=1S/C17H22O4/c1-11(9-7-6-8-10-16(18)19)12(2)13(3)14(4)15(5)17(20)21/h1-10H2,(H,18,19)(H,20,21). The molecule has 4 nitrogen and oxygen atoms in total. The van der Waals surface area contributed by atoms with E-state index in [2.05, 4.69) is 32.9 Å². The van der Waals surface area contributed by atoms with E-state index in [4.69, 9.17) is 10.2 Å². The Morgan fingerprint density at radius 2 is 1.14 bits per heavy atom. The first-order chi connectivity index (χ1) is 9.68. The quantitative estimate of drug-likeness (QED) is 0.344. The molecule has 0 fully saturated rings. The van der Waals surface area contributed by atoms with Gasteiger partial charge in [0.2, 0.25) is 0 Å². The minimum Gasteiger partial charge on any atom is -0.481 e. The summed E-state index contributed by atoms with van der Waals surface area (Å²) in [5, 5.41) is 17.4. The highest BCUT2D eigenvalue weighted by Crippen LogP contribution is 2.27. The lowest BCUT2D eigenvalue weighted by atomic mass is 9.90. The van der Waals surface area contributed by atoms with Crippen LogP contribution in [-0.2, 0) is 9.59 Å². The molecule has 0 aromatic rings. The van der Waals surface area contributed by atoms with Gasteiger partial charge in [0, 0.05) is 6.42 Å². The third kappa shape index (κ3) is 6.56. The van der Waals surface area contributed by atoms with E-state index in [0.717, 1.165) is 18.4 Å². The molecule has 0 aromatic heterocycles. The molecule has 0 aliphatic rings. The lowest BCUT2D eigenvalue weighted by molar-refractivity contribution is -0.137. The number of unbranched alkanes of at least 4 members (excludes halogenated alkanes) is 2. The molecule has 0 heterocycles. The zero-order valence-corrected chi connectivity index (χ0v) is 12.3. The summed E-state index contributed by atoms with van der Waals surface area (Å²) in [6.45, 7) is 18.6. The highest BCUT2D eigenvalue weighted by Gasteiger charge is 2.14. The van der Waals surface area contributed by atoms with Crippen LogP contribution in [0.15, 0.2) is 60.8 Å². The molecule has 0 saturated carbocycles. The summed E-state index contributed by atoms with van der Waals surface area (Å²) >= 11 is 0. The Bertz CT molecular complexity index is 509. The van der Waals surface area contributed by atoms with E-state index in [9.17, 15) is 9.59 Å². The molecule has 21 heavy (non-hydrogen) atoms. The summed E-state index contributed by atoms with van der Waals surface area (Å²) in [7, 11) is 0. The van der Waals surface area contributed by atoms with Gasteiger partial charge in [-0.25, -0.2) is 4.79 Å². The van der Waals surface area contributed by atoms with E-state index in [1.807, 2.05) is 0 Å². The predicted octanol–water partition coefficient (Wildman–Crippen LogP) is 3.89. The van der Waals surface area contributed by atoms with E-state index in [1.165, 1.54) is 0 Å². The van der Waals surface area contributed by atoms with Gasteiger partial charge >= 0.3 is 11.9 Å². The van der Waals surface area contributed by atoms with Gasteiger partial charge in [0.25, 0.3) is 0 Å². The minimum absolute atomic E-state index is 0.115. The molecular weight excluding hydrogens is 268 g/mol. The molecule has 0 radical (unpaired) electrons. The van der Waals surface area contributed by atoms with Gasteiger partial charge in [0.15, 0.2) is 0 Å². The number of carboxylic acid groups (broad SMARTS) is 2. The number of allylic oxidation sites excluding steroid dienone is 3. The van der Waals surface area contributed by atoms with E-state index in [-0.39, 0.29) is 17.6 Å². The number of hydrogen-bond donors (Lipinski definition) is 2. The molecule has 0 bridgehead atoms. The molecule has 0 saturated heterocycles. The van der Waals surface area contributed by atoms with E-state index < -0.39 is 11.9 Å². The normalized spacial score (nSPS) is 9.71. The van der Waals surface area contributed by atoms with Crippen LogP contribution in [0.4, 0.5) is 0 Å². The first-order valence-corrected chi connectivity index (χ1v) is 6.58. The largest absolute Gasteiger partial charge is 0.481 e. The van der Waals surface area contributed by atoms with Crippen molar-refractivity contribution >= 4 is 11.9 Å². The van der Waals surface area contributed by atoms with Gasteiger partial charge in [0.05, 0.1) is 5.57 Å². The van der Waals surface area contributed by atoms with Crippen molar-refractivity contribution in [3.8, 4) is 0 Å². The van der Waals surface area contributed by atoms with E-state index in [0.29, 0.717) is 24.0 Å². The predicted molar refractivity (Wildman–Crippen MR) is 84.1 cm³/mol. The molecular formula is C17H22O4. The topological polar surface area (TPSA) is 74.6 Å². The van der Waals surface area contributed by atoms with Gasteiger partial charge in [-0.3, -0.25) is 4.79 Å². The van der Waals surface area contributed by atoms with Gasteiger partial charge in [0.1, 0.15) is 0 Å². The lowest BCUT2D eigenvalue weighted by Crippen LogP contribution is -2.05. The van der Waals surface area contributed by atoms with Gasteiger partial charge in [-0.1, -0.05) is 39.3 Å². The molecule has 4 heteroatoms. The second-order valence-electron chi connectivity index (χ2n) is 4.78. The molecule has 0 amide bonds. The Balaban J connectivity index is 4.32. The monoisotopic (exact) mass is 290 g/mol. The number of carboxylic acids is 2. The van der Waals surface area contributed by atoms with Crippen molar-refractivity contribution in [1.29, 1.82) is 0 Å². The van der Waals surface area contributed by atoms with Crippen LogP contribution in [0, 0.1) is 0 Å². The molecule has 0 rings (SSSR count). The highest BCUT2D eigenvalue weighted by atomic mass is 16.4. The summed E-state index contributed by atoms with van der Waals surface area (Å²) in [5.41, 5.74) is 1.84. The molecule has 0 unspecified atom stereocenters. The Kier molecular flexibility index (Phi) is 7.76. The molecule has 114 valence electrons. The number of hydrogen-bond acceptors (Lipinski definition) is 2. The average Bonchev–Trinajstić information content (AvgIpc) is 2.42. The molecule has 0 aliphatic heterocycles. The minimum atomic E-state index is -1.15. The van der Waals surface area contributed by atoms with Crippen molar-refractivity contribution in [3.05, 3.63) is 60.8 Å². The van der Waals surface area contributed by atoms with Crippen LogP contribution >= 0.6 is 0 Å². The number of carbonyl (C=O) groups is 2. The van der Waals surface area contributed by atoms with Crippen LogP contribution in [0.25, 0.3) is 0 Å². The zero-order valence-electron chi connectivity index (χ0n) is 12.3. The third-order valence-corrected chi connectivity index (χ3v) is 3.15. The van der Waals surface area contributed by atoms with Crippen LogP contribution < -0.4 is 0 Å². The van der Waals surface area contributed by atoms with Gasteiger partial charge in [-0.2, -0.15) is 0 Å². The van der Waals surface area contributed by atoms with Crippen molar-refractivity contribution in [3.63, 3.8) is 0 Å². The van der Waals surface area contributed by atoms with Crippen LogP contribution in [0.1, 0.15) is 32.1 Å². The maximum absolute atomic E-state index is 10.8. The molecule has 0 aromatic carbocycles. The maximum Gasteiger partial charge on any atom is 0.335 e. The summed E-state index contributed by atoms with van der Waals surface area (Å²) in [5.74, 6) is -1.94. The van der Waals surface area contributed by atoms with Crippen LogP contribution in [0.3, 0.4) is 0 Å².